The van der Waals surface area contributed by atoms with Gasteiger partial charge < -0.3 is 0 Å². The first kappa shape index (κ1) is 25.0. The van der Waals surface area contributed by atoms with Crippen LogP contribution in [0.5, 0.6) is 0 Å². The van der Waals surface area contributed by atoms with Crippen LogP contribution in [0.3, 0.4) is 0 Å². The van der Waals surface area contributed by atoms with Crippen LogP contribution in [-0.4, -0.2) is 51.9 Å². The van der Waals surface area contributed by atoms with E-state index in [0.717, 1.165) is 53.5 Å². The smallest absolute Gasteiger partial charge is 0.181 e. The van der Waals surface area contributed by atoms with Crippen molar-refractivity contribution in [2.45, 2.75) is 86.9 Å². The molecule has 2 aromatic heterocycles. The molecule has 1 unspecified atom stereocenters. The Morgan fingerprint density at radius 1 is 0.923 bits per heavy atom. The molecule has 1 aliphatic heterocycles. The number of pyridine rings is 1. The Morgan fingerprint density at radius 2 is 1.67 bits per heavy atom. The van der Waals surface area contributed by atoms with Crippen LogP contribution in [0.1, 0.15) is 63.5 Å². The number of sulfone groups is 1. The van der Waals surface area contributed by atoms with Gasteiger partial charge >= 0.3 is 0 Å². The van der Waals surface area contributed by atoms with Crippen molar-refractivity contribution >= 4 is 20.9 Å². The van der Waals surface area contributed by atoms with Gasteiger partial charge in [0.1, 0.15) is 5.69 Å². The van der Waals surface area contributed by atoms with Gasteiger partial charge in [-0.2, -0.15) is 5.10 Å². The molecule has 0 amide bonds. The standard InChI is InChI=1S/C32H36N4O2S/c1-21-4-3-17-36(21)32(2)15-13-22-5-6-24(18-25(22)14-16-32)26-19-29-30(34-35-31(29)33-20-26)23-7-9-27(10-8-23)39(37,38)28-11-12-28/h5-10,18-21,28H,3-4,11-17H2,1-2H3,(H,33,34,35)/t21-,32?/m1/s1. The number of aromatic amines is 1. The minimum Gasteiger partial charge on any atom is -0.295 e. The zero-order chi connectivity index (χ0) is 26.8. The highest BCUT2D eigenvalue weighted by atomic mass is 32.2. The van der Waals surface area contributed by atoms with Crippen LogP contribution >= 0.6 is 0 Å². The molecule has 3 aliphatic rings. The van der Waals surface area contributed by atoms with Gasteiger partial charge in [0.05, 0.1) is 10.1 Å². The summed E-state index contributed by atoms with van der Waals surface area (Å²) in [7, 11) is -3.21. The number of hydrogen-bond acceptors (Lipinski definition) is 5. The summed E-state index contributed by atoms with van der Waals surface area (Å²) in [5.74, 6) is 0. The highest BCUT2D eigenvalue weighted by Crippen LogP contribution is 2.39. The zero-order valence-corrected chi connectivity index (χ0v) is 23.6. The molecule has 0 bridgehead atoms. The lowest BCUT2D eigenvalue weighted by Crippen LogP contribution is -2.48. The molecule has 2 aliphatic carbocycles. The predicted molar refractivity (Wildman–Crippen MR) is 155 cm³/mol. The van der Waals surface area contributed by atoms with Crippen LogP contribution < -0.4 is 0 Å². The number of aryl methyl sites for hydroxylation is 2. The maximum Gasteiger partial charge on any atom is 0.181 e. The normalized spacial score (nSPS) is 24.1. The fourth-order valence-electron chi connectivity index (χ4n) is 6.89. The van der Waals surface area contributed by atoms with Crippen molar-refractivity contribution in [3.8, 4) is 22.4 Å². The second-order valence-electron chi connectivity index (χ2n) is 12.1. The number of H-pyrrole nitrogens is 1. The van der Waals surface area contributed by atoms with Crippen molar-refractivity contribution in [1.29, 1.82) is 0 Å². The van der Waals surface area contributed by atoms with Gasteiger partial charge in [0.25, 0.3) is 0 Å². The molecule has 7 rings (SSSR count). The summed E-state index contributed by atoms with van der Waals surface area (Å²) in [5, 5.41) is 8.32. The lowest BCUT2D eigenvalue weighted by molar-refractivity contribution is 0.0821. The molecular formula is C32H36N4O2S. The predicted octanol–water partition coefficient (Wildman–Crippen LogP) is 6.35. The lowest BCUT2D eigenvalue weighted by Gasteiger charge is -2.41. The molecule has 3 heterocycles. The SMILES string of the molecule is C[C@@H]1CCCN1C1(C)CCc2ccc(-c3cnc4[nH]nc(-c5ccc(S(=O)(=O)C6CC6)cc5)c4c3)cc2CC1. The lowest BCUT2D eigenvalue weighted by atomic mass is 9.89. The number of likely N-dealkylation sites (tertiary alicyclic amines) is 1. The molecule has 1 N–H and O–H groups in total. The van der Waals surface area contributed by atoms with Gasteiger partial charge in [0, 0.05) is 34.3 Å². The summed E-state index contributed by atoms with van der Waals surface area (Å²) >= 11 is 0. The van der Waals surface area contributed by atoms with E-state index in [1.165, 1.54) is 48.9 Å². The summed E-state index contributed by atoms with van der Waals surface area (Å²) in [5.41, 5.74) is 7.87. The summed E-state index contributed by atoms with van der Waals surface area (Å²) in [6.07, 6.45) is 10.7. The first-order chi connectivity index (χ1) is 18.8. The number of nitrogens with zero attached hydrogens (tertiary/aromatic N) is 3. The van der Waals surface area contributed by atoms with E-state index < -0.39 is 9.84 Å². The van der Waals surface area contributed by atoms with Crippen LogP contribution in [0.25, 0.3) is 33.4 Å². The van der Waals surface area contributed by atoms with E-state index in [9.17, 15) is 8.42 Å². The van der Waals surface area contributed by atoms with E-state index >= 15 is 0 Å². The van der Waals surface area contributed by atoms with Gasteiger partial charge in [0.2, 0.25) is 0 Å². The van der Waals surface area contributed by atoms with E-state index in [4.69, 9.17) is 0 Å². The summed E-state index contributed by atoms with van der Waals surface area (Å²) in [6.45, 7) is 6.11. The minimum absolute atomic E-state index is 0.209. The summed E-state index contributed by atoms with van der Waals surface area (Å²) in [4.78, 5) is 7.85. The van der Waals surface area contributed by atoms with Gasteiger partial charge in [-0.25, -0.2) is 13.4 Å². The molecule has 39 heavy (non-hydrogen) atoms. The van der Waals surface area contributed by atoms with Gasteiger partial charge in [-0.1, -0.05) is 30.3 Å². The zero-order valence-electron chi connectivity index (χ0n) is 22.8. The topological polar surface area (TPSA) is 79.0 Å². The third-order valence-corrected chi connectivity index (χ3v) is 11.8. The number of fused-ring (bicyclic) bond motifs is 2. The third kappa shape index (κ3) is 4.40. The Morgan fingerprint density at radius 3 is 2.38 bits per heavy atom. The molecule has 2 fully saturated rings. The number of benzene rings is 2. The van der Waals surface area contributed by atoms with Crippen LogP contribution in [0, 0.1) is 0 Å². The van der Waals surface area contributed by atoms with Crippen molar-refractivity contribution in [3.63, 3.8) is 0 Å². The molecule has 7 heteroatoms. The van der Waals surface area contributed by atoms with Crippen molar-refractivity contribution in [2.24, 2.45) is 0 Å². The maximum atomic E-state index is 12.6. The largest absolute Gasteiger partial charge is 0.295 e. The van der Waals surface area contributed by atoms with E-state index in [0.29, 0.717) is 10.9 Å². The molecule has 1 saturated carbocycles. The maximum absolute atomic E-state index is 12.6. The monoisotopic (exact) mass is 540 g/mol. The second kappa shape index (κ2) is 9.27. The first-order valence-corrected chi connectivity index (χ1v) is 15.9. The Balaban J connectivity index is 1.17. The van der Waals surface area contributed by atoms with Crippen molar-refractivity contribution in [2.75, 3.05) is 6.54 Å². The fraction of sp³-hybridized carbons (Fsp3) is 0.438. The second-order valence-corrected chi connectivity index (χ2v) is 14.4. The number of aromatic nitrogens is 3. The van der Waals surface area contributed by atoms with Gasteiger partial charge in [-0.3, -0.25) is 10.00 Å². The average Bonchev–Trinajstić information content (AvgIpc) is 3.64. The highest BCUT2D eigenvalue weighted by Gasteiger charge is 2.38. The highest BCUT2D eigenvalue weighted by molar-refractivity contribution is 7.92. The first-order valence-electron chi connectivity index (χ1n) is 14.4. The molecule has 6 nitrogen and oxygen atoms in total. The number of nitrogens with one attached hydrogen (secondary N) is 1. The third-order valence-electron chi connectivity index (χ3n) is 9.49. The van der Waals surface area contributed by atoms with Crippen LogP contribution in [0.2, 0.25) is 0 Å². The molecule has 0 radical (unpaired) electrons. The fourth-order valence-corrected chi connectivity index (χ4v) is 8.55. The summed E-state index contributed by atoms with van der Waals surface area (Å²) < 4.78 is 25.2. The van der Waals surface area contributed by atoms with Gasteiger partial charge in [0.15, 0.2) is 15.5 Å². The number of hydrogen-bond donors (Lipinski definition) is 1. The van der Waals surface area contributed by atoms with Crippen LogP contribution in [0.15, 0.2) is 59.6 Å². The minimum atomic E-state index is -3.21. The molecule has 2 atom stereocenters. The number of rotatable bonds is 5. The van der Waals surface area contributed by atoms with E-state index in [2.05, 4.69) is 58.2 Å². The molecule has 202 valence electrons. The van der Waals surface area contributed by atoms with Crippen LogP contribution in [-0.2, 0) is 22.7 Å². The van der Waals surface area contributed by atoms with Crippen molar-refractivity contribution in [1.82, 2.24) is 20.1 Å². The quantitative estimate of drug-likeness (QED) is 0.299. The van der Waals surface area contributed by atoms with Crippen molar-refractivity contribution in [3.05, 3.63) is 65.9 Å². The average molecular weight is 541 g/mol. The molecule has 1 saturated heterocycles. The van der Waals surface area contributed by atoms with Gasteiger partial charge in [-0.05, 0) is 107 Å². The van der Waals surface area contributed by atoms with E-state index in [1.807, 2.05) is 18.3 Å². The van der Waals surface area contributed by atoms with E-state index in [1.54, 1.807) is 12.1 Å². The van der Waals surface area contributed by atoms with Crippen molar-refractivity contribution < 1.29 is 8.42 Å². The Kier molecular flexibility index (Phi) is 5.94. The molecule has 0 spiro atoms. The van der Waals surface area contributed by atoms with Crippen LogP contribution in [0.4, 0.5) is 0 Å². The molecule has 4 aromatic rings. The molecular weight excluding hydrogens is 504 g/mol. The van der Waals surface area contributed by atoms with E-state index in [-0.39, 0.29) is 10.8 Å². The van der Waals surface area contributed by atoms with Gasteiger partial charge in [-0.15, -0.1) is 0 Å². The summed E-state index contributed by atoms with van der Waals surface area (Å²) in [6, 6.07) is 16.9. The Labute approximate surface area is 230 Å². The molecule has 2 aromatic carbocycles. The Bertz CT molecular complexity index is 1660. The Hall–Kier alpha value is -3.03.